The molecule has 0 saturated carbocycles. The number of rotatable bonds is 4. The summed E-state index contributed by atoms with van der Waals surface area (Å²) in [6, 6.07) is 2.09. The van der Waals surface area contributed by atoms with E-state index in [1.54, 1.807) is 13.2 Å². The Morgan fingerprint density at radius 2 is 2.27 bits per heavy atom. The first-order valence-corrected chi connectivity index (χ1v) is 7.15. The summed E-state index contributed by atoms with van der Waals surface area (Å²) in [5, 5.41) is 10.3. The highest BCUT2D eigenvalue weighted by Crippen LogP contribution is 2.13. The summed E-state index contributed by atoms with van der Waals surface area (Å²) in [6.07, 6.45) is 2.58. The van der Waals surface area contributed by atoms with Gasteiger partial charge in [0.15, 0.2) is 5.82 Å². The number of anilines is 1. The summed E-state index contributed by atoms with van der Waals surface area (Å²) in [4.78, 5) is 11.7. The normalized spacial score (nSPS) is 21.3. The number of hydrogen-bond acceptors (Lipinski definition) is 5. The van der Waals surface area contributed by atoms with Crippen molar-refractivity contribution in [2.75, 3.05) is 19.0 Å². The van der Waals surface area contributed by atoms with Crippen molar-refractivity contribution in [3.63, 3.8) is 0 Å². The molecule has 1 aliphatic heterocycles. The summed E-state index contributed by atoms with van der Waals surface area (Å²) >= 11 is 0. The van der Waals surface area contributed by atoms with Crippen LogP contribution in [0.1, 0.15) is 27.2 Å². The van der Waals surface area contributed by atoms with Gasteiger partial charge in [0.1, 0.15) is 5.60 Å². The molecule has 1 saturated heterocycles. The number of nitrogens with one attached hydrogen (secondary N) is 2. The van der Waals surface area contributed by atoms with Crippen LogP contribution in [-0.4, -0.2) is 47.3 Å². The van der Waals surface area contributed by atoms with Gasteiger partial charge in [-0.25, -0.2) is 4.79 Å². The van der Waals surface area contributed by atoms with Gasteiger partial charge >= 0.3 is 6.09 Å². The molecule has 1 amide bonds. The molecular formula is C14H25ClN4O3. The summed E-state index contributed by atoms with van der Waals surface area (Å²) in [6.45, 7) is 7.08. The molecule has 1 fully saturated rings. The van der Waals surface area contributed by atoms with Gasteiger partial charge in [0.05, 0.1) is 12.6 Å². The Hall–Kier alpha value is -1.31. The largest absolute Gasteiger partial charge is 0.444 e. The maximum Gasteiger partial charge on any atom is 0.413 e. The van der Waals surface area contributed by atoms with Crippen LogP contribution < -0.4 is 10.6 Å². The van der Waals surface area contributed by atoms with E-state index in [4.69, 9.17) is 9.47 Å². The molecule has 126 valence electrons. The number of carbonyl (C=O) groups excluding carboxylic acids is 1. The maximum atomic E-state index is 11.7. The van der Waals surface area contributed by atoms with Crippen molar-refractivity contribution >= 4 is 24.3 Å². The highest BCUT2D eigenvalue weighted by molar-refractivity contribution is 5.85. The first-order valence-electron chi connectivity index (χ1n) is 7.15. The molecular weight excluding hydrogens is 308 g/mol. The molecule has 0 spiro atoms. The molecule has 7 nitrogen and oxygen atoms in total. The molecule has 0 radical (unpaired) electrons. The van der Waals surface area contributed by atoms with Gasteiger partial charge in [-0.2, -0.15) is 5.10 Å². The second kappa shape index (κ2) is 7.80. The van der Waals surface area contributed by atoms with E-state index in [0.717, 1.165) is 19.5 Å². The molecule has 2 rings (SSSR count). The van der Waals surface area contributed by atoms with Crippen LogP contribution in [0.5, 0.6) is 0 Å². The fourth-order valence-electron chi connectivity index (χ4n) is 2.26. The smallest absolute Gasteiger partial charge is 0.413 e. The molecule has 0 aromatic carbocycles. The van der Waals surface area contributed by atoms with Gasteiger partial charge in [0.2, 0.25) is 0 Å². The molecule has 2 N–H and O–H groups in total. The third kappa shape index (κ3) is 5.82. The molecule has 2 atom stereocenters. The Labute approximate surface area is 137 Å². The van der Waals surface area contributed by atoms with Crippen molar-refractivity contribution in [2.45, 2.75) is 51.5 Å². The summed E-state index contributed by atoms with van der Waals surface area (Å²) in [5.41, 5.74) is -0.518. The van der Waals surface area contributed by atoms with Crippen LogP contribution >= 0.6 is 12.4 Å². The summed E-state index contributed by atoms with van der Waals surface area (Å²) in [7, 11) is 1.73. The number of aromatic nitrogens is 2. The van der Waals surface area contributed by atoms with Crippen LogP contribution in [0.2, 0.25) is 0 Å². The molecule has 22 heavy (non-hydrogen) atoms. The predicted octanol–water partition coefficient (Wildman–Crippen LogP) is 2.03. The lowest BCUT2D eigenvalue weighted by atomic mass is 10.2. The lowest BCUT2D eigenvalue weighted by molar-refractivity contribution is 0.0635. The van der Waals surface area contributed by atoms with Crippen molar-refractivity contribution < 1.29 is 14.3 Å². The van der Waals surface area contributed by atoms with E-state index in [1.807, 2.05) is 31.6 Å². The van der Waals surface area contributed by atoms with Crippen LogP contribution in [0, 0.1) is 0 Å². The van der Waals surface area contributed by atoms with Crippen LogP contribution in [0.4, 0.5) is 10.6 Å². The molecule has 2 heterocycles. The zero-order valence-electron chi connectivity index (χ0n) is 13.5. The first kappa shape index (κ1) is 18.7. The fourth-order valence-corrected chi connectivity index (χ4v) is 2.26. The lowest BCUT2D eigenvalue weighted by Gasteiger charge is -2.19. The quantitative estimate of drug-likeness (QED) is 0.882. The van der Waals surface area contributed by atoms with Gasteiger partial charge in [0.25, 0.3) is 0 Å². The first-order chi connectivity index (χ1) is 9.85. The van der Waals surface area contributed by atoms with Gasteiger partial charge in [-0.3, -0.25) is 10.00 Å². The number of ether oxygens (including phenoxy) is 2. The van der Waals surface area contributed by atoms with Gasteiger partial charge in [0, 0.05) is 32.0 Å². The number of carbonyl (C=O) groups is 1. The second-order valence-electron chi connectivity index (χ2n) is 6.25. The Morgan fingerprint density at radius 1 is 1.55 bits per heavy atom. The van der Waals surface area contributed by atoms with Gasteiger partial charge < -0.3 is 14.8 Å². The SMILES string of the molecule is CO[C@@H]1CN[C@H](Cn2ccc(NC(=O)OC(C)(C)C)n2)C1.Cl. The van der Waals surface area contributed by atoms with E-state index in [9.17, 15) is 4.79 Å². The zero-order valence-corrected chi connectivity index (χ0v) is 14.3. The van der Waals surface area contributed by atoms with Crippen LogP contribution in [-0.2, 0) is 16.0 Å². The minimum absolute atomic E-state index is 0. The van der Waals surface area contributed by atoms with Crippen LogP contribution in [0.25, 0.3) is 0 Å². The van der Waals surface area contributed by atoms with E-state index in [0.29, 0.717) is 11.9 Å². The van der Waals surface area contributed by atoms with Crippen molar-refractivity contribution in [3.8, 4) is 0 Å². The molecule has 1 aliphatic rings. The van der Waals surface area contributed by atoms with Crippen molar-refractivity contribution in [1.29, 1.82) is 0 Å². The molecule has 0 aliphatic carbocycles. The zero-order chi connectivity index (χ0) is 15.5. The number of amides is 1. The molecule has 1 aromatic heterocycles. The summed E-state index contributed by atoms with van der Waals surface area (Å²) in [5.74, 6) is 0.491. The van der Waals surface area contributed by atoms with E-state index in [1.165, 1.54) is 0 Å². The highest BCUT2D eigenvalue weighted by Gasteiger charge is 2.24. The van der Waals surface area contributed by atoms with Crippen molar-refractivity contribution in [1.82, 2.24) is 15.1 Å². The number of nitrogens with zero attached hydrogens (tertiary/aromatic N) is 2. The average molecular weight is 333 g/mol. The summed E-state index contributed by atoms with van der Waals surface area (Å²) < 4.78 is 12.3. The third-order valence-electron chi connectivity index (χ3n) is 3.19. The van der Waals surface area contributed by atoms with E-state index >= 15 is 0 Å². The van der Waals surface area contributed by atoms with E-state index in [-0.39, 0.29) is 18.5 Å². The van der Waals surface area contributed by atoms with E-state index < -0.39 is 11.7 Å². The van der Waals surface area contributed by atoms with Gasteiger partial charge in [-0.1, -0.05) is 0 Å². The monoisotopic (exact) mass is 332 g/mol. The third-order valence-corrected chi connectivity index (χ3v) is 3.19. The Balaban J connectivity index is 0.00000242. The van der Waals surface area contributed by atoms with E-state index in [2.05, 4.69) is 15.7 Å². The predicted molar refractivity (Wildman–Crippen MR) is 86.5 cm³/mol. The number of hydrogen-bond donors (Lipinski definition) is 2. The van der Waals surface area contributed by atoms with Crippen LogP contribution in [0.15, 0.2) is 12.3 Å². The second-order valence-corrected chi connectivity index (χ2v) is 6.25. The standard InChI is InChI=1S/C14H24N4O3.ClH/c1-14(2,3)21-13(19)16-12-5-6-18(17-12)9-10-7-11(20-4)8-15-10;/h5-6,10-11,15H,7-9H2,1-4H3,(H,16,17,19);1H/t10-,11-;/m0./s1. The van der Waals surface area contributed by atoms with Gasteiger partial charge in [-0.15, -0.1) is 12.4 Å². The topological polar surface area (TPSA) is 77.4 Å². The lowest BCUT2D eigenvalue weighted by Crippen LogP contribution is -2.28. The molecule has 0 unspecified atom stereocenters. The Morgan fingerprint density at radius 3 is 2.86 bits per heavy atom. The average Bonchev–Trinajstić information content (AvgIpc) is 2.97. The maximum absolute atomic E-state index is 11.7. The minimum atomic E-state index is -0.518. The van der Waals surface area contributed by atoms with Crippen LogP contribution in [0.3, 0.4) is 0 Å². The molecule has 0 bridgehead atoms. The Bertz CT molecular complexity index is 487. The number of halogens is 1. The molecule has 8 heteroatoms. The van der Waals surface area contributed by atoms with Crippen molar-refractivity contribution in [3.05, 3.63) is 12.3 Å². The Kier molecular flexibility index (Phi) is 6.65. The van der Waals surface area contributed by atoms with Crippen molar-refractivity contribution in [2.24, 2.45) is 0 Å². The highest BCUT2D eigenvalue weighted by atomic mass is 35.5. The minimum Gasteiger partial charge on any atom is -0.444 e. The fraction of sp³-hybridized carbons (Fsp3) is 0.714. The molecule has 1 aromatic rings. The number of methoxy groups -OCH3 is 1. The van der Waals surface area contributed by atoms with Gasteiger partial charge in [-0.05, 0) is 27.2 Å².